The average Bonchev–Trinajstić information content (AvgIpc) is 2.17. The predicted octanol–water partition coefficient (Wildman–Crippen LogP) is 1.51. The van der Waals surface area contributed by atoms with E-state index in [4.69, 9.17) is 6.42 Å². The first-order chi connectivity index (χ1) is 5.92. The lowest BCUT2D eigenvalue weighted by atomic mass is 9.95. The first-order valence-corrected chi connectivity index (χ1v) is 4.19. The molecule has 1 heteroatoms. The molecule has 1 aliphatic heterocycles. The maximum absolute atomic E-state index is 5.41. The van der Waals surface area contributed by atoms with Crippen molar-refractivity contribution in [2.75, 3.05) is 6.54 Å². The van der Waals surface area contributed by atoms with Gasteiger partial charge in [0.1, 0.15) is 0 Å². The SMILES string of the molecule is C#CC1NCCc2ccccc21. The van der Waals surface area contributed by atoms with E-state index >= 15 is 0 Å². The summed E-state index contributed by atoms with van der Waals surface area (Å²) in [6.45, 7) is 0.992. The minimum Gasteiger partial charge on any atom is -0.300 e. The van der Waals surface area contributed by atoms with Crippen molar-refractivity contribution in [3.8, 4) is 12.3 Å². The summed E-state index contributed by atoms with van der Waals surface area (Å²) in [4.78, 5) is 0. The summed E-state index contributed by atoms with van der Waals surface area (Å²) >= 11 is 0. The molecule has 0 fully saturated rings. The van der Waals surface area contributed by atoms with Crippen molar-refractivity contribution < 1.29 is 0 Å². The van der Waals surface area contributed by atoms with Crippen LogP contribution in [0.25, 0.3) is 0 Å². The van der Waals surface area contributed by atoms with Gasteiger partial charge >= 0.3 is 0 Å². The zero-order chi connectivity index (χ0) is 8.39. The van der Waals surface area contributed by atoms with Crippen molar-refractivity contribution in [2.24, 2.45) is 0 Å². The second kappa shape index (κ2) is 3.00. The Morgan fingerprint density at radius 2 is 2.25 bits per heavy atom. The van der Waals surface area contributed by atoms with Crippen LogP contribution in [0, 0.1) is 12.3 Å². The molecular formula is C11H11N. The largest absolute Gasteiger partial charge is 0.300 e. The van der Waals surface area contributed by atoms with E-state index in [1.165, 1.54) is 11.1 Å². The molecule has 0 aliphatic carbocycles. The normalized spacial score (nSPS) is 21.1. The molecular weight excluding hydrogens is 146 g/mol. The fourth-order valence-corrected chi connectivity index (χ4v) is 1.65. The summed E-state index contributed by atoms with van der Waals surface area (Å²) in [5.74, 6) is 2.75. The van der Waals surface area contributed by atoms with Crippen LogP contribution < -0.4 is 5.32 Å². The van der Waals surface area contributed by atoms with Crippen LogP contribution in [0.15, 0.2) is 24.3 Å². The molecule has 0 bridgehead atoms. The van der Waals surface area contributed by atoms with Crippen molar-refractivity contribution in [2.45, 2.75) is 12.5 Å². The Morgan fingerprint density at radius 1 is 1.42 bits per heavy atom. The molecule has 12 heavy (non-hydrogen) atoms. The molecule has 0 spiro atoms. The van der Waals surface area contributed by atoms with Gasteiger partial charge < -0.3 is 0 Å². The van der Waals surface area contributed by atoms with Crippen LogP contribution in [0.5, 0.6) is 0 Å². The average molecular weight is 157 g/mol. The van der Waals surface area contributed by atoms with Gasteiger partial charge in [-0.3, -0.25) is 5.32 Å². The van der Waals surface area contributed by atoms with E-state index < -0.39 is 0 Å². The van der Waals surface area contributed by atoms with Crippen molar-refractivity contribution in [3.63, 3.8) is 0 Å². The van der Waals surface area contributed by atoms with E-state index in [0.717, 1.165) is 13.0 Å². The summed E-state index contributed by atoms with van der Waals surface area (Å²) in [7, 11) is 0. The van der Waals surface area contributed by atoms with Gasteiger partial charge in [0.15, 0.2) is 0 Å². The van der Waals surface area contributed by atoms with E-state index in [0.29, 0.717) is 0 Å². The van der Waals surface area contributed by atoms with E-state index in [1.54, 1.807) is 0 Å². The van der Waals surface area contributed by atoms with Crippen molar-refractivity contribution in [3.05, 3.63) is 35.4 Å². The van der Waals surface area contributed by atoms with E-state index in [-0.39, 0.29) is 6.04 Å². The third-order valence-electron chi connectivity index (χ3n) is 2.28. The number of benzene rings is 1. The number of hydrogen-bond donors (Lipinski definition) is 1. The smallest absolute Gasteiger partial charge is 0.0946 e. The fraction of sp³-hybridized carbons (Fsp3) is 0.273. The molecule has 1 nitrogen and oxygen atoms in total. The zero-order valence-electron chi connectivity index (χ0n) is 6.88. The molecule has 60 valence electrons. The molecule has 0 saturated carbocycles. The summed E-state index contributed by atoms with van der Waals surface area (Å²) in [6, 6.07) is 8.48. The maximum Gasteiger partial charge on any atom is 0.0946 e. The van der Waals surface area contributed by atoms with Crippen LogP contribution in [-0.2, 0) is 6.42 Å². The standard InChI is InChI=1S/C11H11N/c1-2-11-10-6-4-3-5-9(10)7-8-12-11/h1,3-6,11-12H,7-8H2. The lowest BCUT2D eigenvalue weighted by Crippen LogP contribution is -2.28. The molecule has 0 amide bonds. The number of fused-ring (bicyclic) bond motifs is 1. The molecule has 0 aromatic heterocycles. The fourth-order valence-electron chi connectivity index (χ4n) is 1.65. The topological polar surface area (TPSA) is 12.0 Å². The van der Waals surface area contributed by atoms with Crippen LogP contribution in [0.3, 0.4) is 0 Å². The Morgan fingerprint density at radius 3 is 3.08 bits per heavy atom. The van der Waals surface area contributed by atoms with E-state index in [1.807, 2.05) is 6.07 Å². The molecule has 0 saturated heterocycles. The van der Waals surface area contributed by atoms with Crippen LogP contribution in [0.1, 0.15) is 17.2 Å². The van der Waals surface area contributed by atoms with Gasteiger partial charge in [0.25, 0.3) is 0 Å². The van der Waals surface area contributed by atoms with Gasteiger partial charge in [-0.1, -0.05) is 30.2 Å². The quantitative estimate of drug-likeness (QED) is 0.563. The van der Waals surface area contributed by atoms with Gasteiger partial charge in [0, 0.05) is 6.54 Å². The summed E-state index contributed by atoms with van der Waals surface area (Å²) in [6.07, 6.45) is 6.50. The minimum absolute atomic E-state index is 0.120. The Kier molecular flexibility index (Phi) is 1.85. The second-order valence-electron chi connectivity index (χ2n) is 3.00. The number of hydrogen-bond acceptors (Lipinski definition) is 1. The van der Waals surface area contributed by atoms with Gasteiger partial charge in [0.05, 0.1) is 6.04 Å². The lowest BCUT2D eigenvalue weighted by molar-refractivity contribution is 0.594. The van der Waals surface area contributed by atoms with Gasteiger partial charge in [0.2, 0.25) is 0 Å². The molecule has 0 radical (unpaired) electrons. The van der Waals surface area contributed by atoms with E-state index in [9.17, 15) is 0 Å². The molecule has 1 heterocycles. The molecule has 1 unspecified atom stereocenters. The summed E-state index contributed by atoms with van der Waals surface area (Å²) in [5, 5.41) is 3.29. The molecule has 1 N–H and O–H groups in total. The van der Waals surface area contributed by atoms with Gasteiger partial charge in [-0.25, -0.2) is 0 Å². The molecule has 2 rings (SSSR count). The monoisotopic (exact) mass is 157 g/mol. The highest BCUT2D eigenvalue weighted by Crippen LogP contribution is 2.21. The van der Waals surface area contributed by atoms with Crippen LogP contribution in [0.2, 0.25) is 0 Å². The lowest BCUT2D eigenvalue weighted by Gasteiger charge is -2.22. The minimum atomic E-state index is 0.120. The van der Waals surface area contributed by atoms with Crippen molar-refractivity contribution in [1.82, 2.24) is 5.32 Å². The Bertz CT molecular complexity index is 322. The number of rotatable bonds is 0. The van der Waals surface area contributed by atoms with E-state index in [2.05, 4.69) is 29.4 Å². The Hall–Kier alpha value is -1.26. The molecule has 1 aliphatic rings. The maximum atomic E-state index is 5.41. The number of terminal acetylenes is 1. The zero-order valence-corrected chi connectivity index (χ0v) is 6.88. The van der Waals surface area contributed by atoms with Crippen LogP contribution >= 0.6 is 0 Å². The summed E-state index contributed by atoms with van der Waals surface area (Å²) < 4.78 is 0. The highest BCUT2D eigenvalue weighted by molar-refractivity contribution is 5.36. The Balaban J connectivity index is 2.45. The first kappa shape index (κ1) is 7.39. The third kappa shape index (κ3) is 1.11. The van der Waals surface area contributed by atoms with Gasteiger partial charge in [-0.2, -0.15) is 0 Å². The Labute approximate surface area is 72.8 Å². The van der Waals surface area contributed by atoms with Gasteiger partial charge in [-0.15, -0.1) is 6.42 Å². The molecule has 1 aromatic carbocycles. The van der Waals surface area contributed by atoms with Gasteiger partial charge in [-0.05, 0) is 17.5 Å². The highest BCUT2D eigenvalue weighted by atomic mass is 14.9. The predicted molar refractivity (Wildman–Crippen MR) is 49.7 cm³/mol. The third-order valence-corrected chi connectivity index (χ3v) is 2.28. The number of nitrogens with one attached hydrogen (secondary N) is 1. The molecule has 1 atom stereocenters. The molecule has 1 aromatic rings. The van der Waals surface area contributed by atoms with Crippen molar-refractivity contribution in [1.29, 1.82) is 0 Å². The first-order valence-electron chi connectivity index (χ1n) is 4.19. The second-order valence-corrected chi connectivity index (χ2v) is 3.00. The van der Waals surface area contributed by atoms with Crippen molar-refractivity contribution >= 4 is 0 Å². The highest BCUT2D eigenvalue weighted by Gasteiger charge is 2.15. The summed E-state index contributed by atoms with van der Waals surface area (Å²) in [5.41, 5.74) is 2.66. The van der Waals surface area contributed by atoms with Crippen LogP contribution in [0.4, 0.5) is 0 Å². The van der Waals surface area contributed by atoms with Crippen LogP contribution in [-0.4, -0.2) is 6.54 Å².